The summed E-state index contributed by atoms with van der Waals surface area (Å²) in [6.45, 7) is 6.59. The molecule has 1 aromatic rings. The fraction of sp³-hybridized carbons (Fsp3) is 0.786. The molecule has 2 heterocycles. The van der Waals surface area contributed by atoms with Crippen LogP contribution >= 0.6 is 11.8 Å². The van der Waals surface area contributed by atoms with Crippen LogP contribution in [-0.2, 0) is 19.9 Å². The highest BCUT2D eigenvalue weighted by Gasteiger charge is 2.39. The SMILES string of the molecule is CCc1cc(CC2(O)CSCC(C)(C)C2)n(C)n1. The number of hydrogen-bond donors (Lipinski definition) is 1. The predicted octanol–water partition coefficient (Wildman–Crippen LogP) is 2.42. The maximum atomic E-state index is 10.8. The standard InChI is InChI=1S/C14H24N2OS/c1-5-11-6-12(16(4)15-11)7-14(17)8-13(2,3)9-18-10-14/h6,17H,5,7-10H2,1-4H3. The molecule has 1 atom stereocenters. The van der Waals surface area contributed by atoms with Crippen molar-refractivity contribution in [2.24, 2.45) is 12.5 Å². The summed E-state index contributed by atoms with van der Waals surface area (Å²) in [7, 11) is 1.97. The van der Waals surface area contributed by atoms with E-state index in [0.717, 1.165) is 35.7 Å². The summed E-state index contributed by atoms with van der Waals surface area (Å²) in [5.74, 6) is 1.98. The average Bonchev–Trinajstić information content (AvgIpc) is 2.57. The number of aromatic nitrogens is 2. The normalized spacial score (nSPS) is 27.4. The van der Waals surface area contributed by atoms with Crippen LogP contribution in [-0.4, -0.2) is 32.0 Å². The number of hydrogen-bond acceptors (Lipinski definition) is 3. The van der Waals surface area contributed by atoms with Gasteiger partial charge in [0.25, 0.3) is 0 Å². The van der Waals surface area contributed by atoms with Crippen molar-refractivity contribution < 1.29 is 5.11 Å². The van der Waals surface area contributed by atoms with Crippen LogP contribution in [0, 0.1) is 5.41 Å². The molecular formula is C14H24N2OS. The summed E-state index contributed by atoms with van der Waals surface area (Å²) in [5.41, 5.74) is 1.90. The van der Waals surface area contributed by atoms with E-state index in [4.69, 9.17) is 0 Å². The van der Waals surface area contributed by atoms with Crippen molar-refractivity contribution in [2.75, 3.05) is 11.5 Å². The first-order valence-corrected chi connectivity index (χ1v) is 7.81. The van der Waals surface area contributed by atoms with E-state index in [1.165, 1.54) is 0 Å². The lowest BCUT2D eigenvalue weighted by Gasteiger charge is -2.41. The molecule has 1 aliphatic rings. The monoisotopic (exact) mass is 268 g/mol. The Labute approximate surface area is 114 Å². The predicted molar refractivity (Wildman–Crippen MR) is 77.0 cm³/mol. The van der Waals surface area contributed by atoms with Crippen LogP contribution in [0.2, 0.25) is 0 Å². The molecule has 0 amide bonds. The Bertz CT molecular complexity index is 427. The number of thioether (sulfide) groups is 1. The number of nitrogens with zero attached hydrogens (tertiary/aromatic N) is 2. The van der Waals surface area contributed by atoms with Crippen LogP contribution in [0.1, 0.15) is 38.6 Å². The largest absolute Gasteiger partial charge is 0.389 e. The molecule has 1 N–H and O–H groups in total. The molecule has 102 valence electrons. The molecule has 1 unspecified atom stereocenters. The van der Waals surface area contributed by atoms with E-state index in [-0.39, 0.29) is 5.41 Å². The second-order valence-corrected chi connectivity index (χ2v) is 7.32. The highest BCUT2D eigenvalue weighted by molar-refractivity contribution is 7.99. The zero-order chi connectivity index (χ0) is 13.4. The molecule has 0 saturated carbocycles. The number of aliphatic hydroxyl groups is 1. The fourth-order valence-electron chi connectivity index (χ4n) is 2.87. The fourth-order valence-corrected chi connectivity index (χ4v) is 4.21. The summed E-state index contributed by atoms with van der Waals surface area (Å²) in [6, 6.07) is 2.13. The molecule has 0 radical (unpaired) electrons. The first-order valence-electron chi connectivity index (χ1n) is 6.65. The summed E-state index contributed by atoms with van der Waals surface area (Å²) < 4.78 is 1.92. The minimum Gasteiger partial charge on any atom is -0.389 e. The Morgan fingerprint density at radius 1 is 1.44 bits per heavy atom. The molecule has 2 rings (SSSR count). The van der Waals surface area contributed by atoms with Gasteiger partial charge >= 0.3 is 0 Å². The van der Waals surface area contributed by atoms with Crippen molar-refractivity contribution >= 4 is 11.8 Å². The van der Waals surface area contributed by atoms with Crippen LogP contribution in [0.25, 0.3) is 0 Å². The van der Waals surface area contributed by atoms with Gasteiger partial charge in [0.15, 0.2) is 0 Å². The quantitative estimate of drug-likeness (QED) is 0.915. The topological polar surface area (TPSA) is 38.0 Å². The Balaban J connectivity index is 2.14. The van der Waals surface area contributed by atoms with Crippen molar-refractivity contribution in [3.8, 4) is 0 Å². The van der Waals surface area contributed by atoms with E-state index in [2.05, 4.69) is 31.9 Å². The van der Waals surface area contributed by atoms with Gasteiger partial charge in [0.05, 0.1) is 11.3 Å². The molecule has 18 heavy (non-hydrogen) atoms. The van der Waals surface area contributed by atoms with Crippen molar-refractivity contribution in [2.45, 2.75) is 45.6 Å². The van der Waals surface area contributed by atoms with Crippen LogP contribution in [0.4, 0.5) is 0 Å². The Kier molecular flexibility index (Phi) is 3.79. The lowest BCUT2D eigenvalue weighted by molar-refractivity contribution is 0.0184. The lowest BCUT2D eigenvalue weighted by Crippen LogP contribution is -2.44. The second kappa shape index (κ2) is 4.89. The summed E-state index contributed by atoms with van der Waals surface area (Å²) in [4.78, 5) is 0. The van der Waals surface area contributed by atoms with Gasteiger partial charge in [-0.15, -0.1) is 0 Å². The molecule has 0 spiro atoms. The van der Waals surface area contributed by atoms with Gasteiger partial charge in [0.2, 0.25) is 0 Å². The van der Waals surface area contributed by atoms with Crippen LogP contribution < -0.4 is 0 Å². The zero-order valence-corrected chi connectivity index (χ0v) is 12.7. The van der Waals surface area contributed by atoms with E-state index in [1.807, 2.05) is 23.5 Å². The molecular weight excluding hydrogens is 244 g/mol. The first kappa shape index (κ1) is 13.9. The van der Waals surface area contributed by atoms with Gasteiger partial charge in [-0.25, -0.2) is 0 Å². The Hall–Kier alpha value is -0.480. The van der Waals surface area contributed by atoms with Crippen molar-refractivity contribution in [1.29, 1.82) is 0 Å². The van der Waals surface area contributed by atoms with Gasteiger partial charge in [0.1, 0.15) is 0 Å². The average molecular weight is 268 g/mol. The summed E-state index contributed by atoms with van der Waals surface area (Å²) >= 11 is 1.87. The van der Waals surface area contributed by atoms with Crippen molar-refractivity contribution in [3.05, 3.63) is 17.5 Å². The van der Waals surface area contributed by atoms with E-state index < -0.39 is 5.60 Å². The summed E-state index contributed by atoms with van der Waals surface area (Å²) in [6.07, 6.45) is 2.54. The molecule has 4 heteroatoms. The molecule has 1 aromatic heterocycles. The number of aryl methyl sites for hydroxylation is 2. The van der Waals surface area contributed by atoms with E-state index in [0.29, 0.717) is 6.42 Å². The van der Waals surface area contributed by atoms with Gasteiger partial charge < -0.3 is 5.11 Å². The van der Waals surface area contributed by atoms with Crippen LogP contribution in [0.15, 0.2) is 6.07 Å². The second-order valence-electron chi connectivity index (χ2n) is 6.34. The zero-order valence-electron chi connectivity index (χ0n) is 11.9. The van der Waals surface area contributed by atoms with Crippen molar-refractivity contribution in [1.82, 2.24) is 9.78 Å². The maximum Gasteiger partial charge on any atom is 0.0798 e. The van der Waals surface area contributed by atoms with Gasteiger partial charge in [-0.1, -0.05) is 20.8 Å². The third kappa shape index (κ3) is 3.09. The third-order valence-electron chi connectivity index (χ3n) is 3.57. The van der Waals surface area contributed by atoms with Crippen LogP contribution in [0.3, 0.4) is 0 Å². The van der Waals surface area contributed by atoms with Gasteiger partial charge in [-0.2, -0.15) is 16.9 Å². The molecule has 1 saturated heterocycles. The van der Waals surface area contributed by atoms with Crippen molar-refractivity contribution in [3.63, 3.8) is 0 Å². The highest BCUT2D eigenvalue weighted by atomic mass is 32.2. The number of rotatable bonds is 3. The minimum absolute atomic E-state index is 0.226. The molecule has 1 aliphatic heterocycles. The summed E-state index contributed by atoms with van der Waals surface area (Å²) in [5, 5.41) is 15.3. The third-order valence-corrected chi connectivity index (χ3v) is 5.30. The van der Waals surface area contributed by atoms with Gasteiger partial charge in [-0.3, -0.25) is 4.68 Å². The van der Waals surface area contributed by atoms with E-state index in [1.54, 1.807) is 0 Å². The maximum absolute atomic E-state index is 10.8. The van der Waals surface area contributed by atoms with Gasteiger partial charge in [0, 0.05) is 24.9 Å². The molecule has 0 bridgehead atoms. The Morgan fingerprint density at radius 2 is 2.17 bits per heavy atom. The highest BCUT2D eigenvalue weighted by Crippen LogP contribution is 2.40. The molecule has 3 nitrogen and oxygen atoms in total. The lowest BCUT2D eigenvalue weighted by atomic mass is 9.80. The molecule has 1 fully saturated rings. The van der Waals surface area contributed by atoms with E-state index in [9.17, 15) is 5.11 Å². The molecule has 0 aromatic carbocycles. The Morgan fingerprint density at radius 3 is 2.72 bits per heavy atom. The van der Waals surface area contributed by atoms with Crippen LogP contribution in [0.5, 0.6) is 0 Å². The van der Waals surface area contributed by atoms with Gasteiger partial charge in [-0.05, 0) is 30.1 Å². The first-order chi connectivity index (χ1) is 8.34. The van der Waals surface area contributed by atoms with E-state index >= 15 is 0 Å². The molecule has 0 aliphatic carbocycles. The minimum atomic E-state index is -0.578. The smallest absolute Gasteiger partial charge is 0.0798 e.